The van der Waals surface area contributed by atoms with Crippen LogP contribution in [0.4, 0.5) is 17.1 Å². The fourth-order valence-corrected chi connectivity index (χ4v) is 8.75. The van der Waals surface area contributed by atoms with Crippen molar-refractivity contribution in [3.05, 3.63) is 236 Å². The number of hydrogen-bond acceptors (Lipinski definition) is 2. The Morgan fingerprint density at radius 3 is 1.65 bits per heavy atom. The van der Waals surface area contributed by atoms with Crippen molar-refractivity contribution in [2.75, 3.05) is 4.90 Å². The van der Waals surface area contributed by atoms with Gasteiger partial charge in [-0.25, -0.2) is 0 Å². The van der Waals surface area contributed by atoms with Crippen LogP contribution in [0.15, 0.2) is 241 Å². The summed E-state index contributed by atoms with van der Waals surface area (Å²) in [6.07, 6.45) is 0. The van der Waals surface area contributed by atoms with E-state index in [-0.39, 0.29) is 46.7 Å². The van der Waals surface area contributed by atoms with E-state index in [2.05, 4.69) is 6.07 Å². The average molecular weight is 798 g/mol. The molecule has 0 spiro atoms. The minimum absolute atomic E-state index is 0.0928. The van der Waals surface area contributed by atoms with Crippen molar-refractivity contribution >= 4 is 71.3 Å². The summed E-state index contributed by atoms with van der Waals surface area (Å²) in [6.45, 7) is 0. The standard InChI is InChI=1S/C60H39NO/c1-2-11-40(12-3-1)45-15-8-16-46(37-45)41-25-31-50(32-26-41)61(51-33-27-42(28-34-51)47-30-35-54-49(38-47)24-23-43-13-4-6-19-53(43)54)52-18-9-17-48(39-52)55-21-10-22-58-59(55)57-36-29-44-14-5-7-20-56(44)60(57)62-58/h1-39H/i25D,26D,27D,28D,31D,32D,33D,34D. The molecule has 0 N–H and O–H groups in total. The number of hydrogen-bond donors (Lipinski definition) is 0. The molecule has 0 bridgehead atoms. The van der Waals surface area contributed by atoms with Crippen LogP contribution in [0.25, 0.3) is 98.8 Å². The Kier molecular flexibility index (Phi) is 6.76. The number of anilines is 3. The van der Waals surface area contributed by atoms with Gasteiger partial charge >= 0.3 is 0 Å². The molecule has 1 aromatic heterocycles. The molecule has 290 valence electrons. The molecule has 12 rings (SSSR count). The van der Waals surface area contributed by atoms with Crippen molar-refractivity contribution in [3.63, 3.8) is 0 Å². The van der Waals surface area contributed by atoms with E-state index in [0.717, 1.165) is 65.4 Å². The van der Waals surface area contributed by atoms with Gasteiger partial charge in [0.15, 0.2) is 0 Å². The fourth-order valence-electron chi connectivity index (χ4n) is 8.75. The summed E-state index contributed by atoms with van der Waals surface area (Å²) in [7, 11) is 0. The van der Waals surface area contributed by atoms with Crippen LogP contribution >= 0.6 is 0 Å². The van der Waals surface area contributed by atoms with Crippen LogP contribution in [-0.4, -0.2) is 0 Å². The first kappa shape index (κ1) is 28.3. The summed E-state index contributed by atoms with van der Waals surface area (Å²) in [6, 6.07) is 57.1. The molecular weight excluding hydrogens is 751 g/mol. The molecule has 0 saturated carbocycles. The van der Waals surface area contributed by atoms with Crippen molar-refractivity contribution in [1.29, 1.82) is 0 Å². The molecular formula is C60H39NO. The molecule has 12 aromatic rings. The lowest BCUT2D eigenvalue weighted by atomic mass is 9.96. The molecule has 1 heterocycles. The van der Waals surface area contributed by atoms with Gasteiger partial charge in [-0.3, -0.25) is 0 Å². The highest BCUT2D eigenvalue weighted by atomic mass is 16.3. The van der Waals surface area contributed by atoms with Gasteiger partial charge in [0.05, 0.1) is 11.0 Å². The zero-order valence-corrected chi connectivity index (χ0v) is 33.3. The third-order valence-electron chi connectivity index (χ3n) is 11.8. The molecule has 0 aliphatic rings. The Hall–Kier alpha value is -8.20. The second kappa shape index (κ2) is 14.8. The van der Waals surface area contributed by atoms with Crippen LogP contribution < -0.4 is 4.90 Å². The van der Waals surface area contributed by atoms with Crippen LogP contribution in [-0.2, 0) is 0 Å². The Morgan fingerprint density at radius 2 is 0.871 bits per heavy atom. The number of fused-ring (bicyclic) bond motifs is 8. The van der Waals surface area contributed by atoms with E-state index in [4.69, 9.17) is 4.42 Å². The van der Waals surface area contributed by atoms with Crippen LogP contribution in [0.2, 0.25) is 0 Å². The summed E-state index contributed by atoms with van der Waals surface area (Å²) >= 11 is 0. The Morgan fingerprint density at radius 1 is 0.323 bits per heavy atom. The summed E-state index contributed by atoms with van der Waals surface area (Å²) in [5, 5.41) is 7.80. The lowest BCUT2D eigenvalue weighted by Crippen LogP contribution is -2.10. The van der Waals surface area contributed by atoms with Gasteiger partial charge in [0.2, 0.25) is 0 Å². The molecule has 0 atom stereocenters. The molecule has 11 aromatic carbocycles. The normalized spacial score (nSPS) is 13.4. The number of nitrogens with zero attached hydrogens (tertiary/aromatic N) is 1. The quantitative estimate of drug-likeness (QED) is 0.149. The lowest BCUT2D eigenvalue weighted by molar-refractivity contribution is 0.673. The molecule has 0 radical (unpaired) electrons. The SMILES string of the molecule is [2H]c1c([2H])c(N(c2cccc(-c3cccc4oc5c6ccccc6ccc5c34)c2)c2c([2H])c([2H])c(-c3ccc4c(ccc5ccccc54)c3)c([2H])c2[2H])c([2H])c([2H])c1-c1cccc(-c2ccccc2)c1. The highest BCUT2D eigenvalue weighted by Gasteiger charge is 2.18. The van der Waals surface area contributed by atoms with E-state index in [0.29, 0.717) is 28.0 Å². The van der Waals surface area contributed by atoms with Crippen molar-refractivity contribution in [1.82, 2.24) is 0 Å². The van der Waals surface area contributed by atoms with E-state index < -0.39 is 24.2 Å². The zero-order valence-electron chi connectivity index (χ0n) is 41.3. The van der Waals surface area contributed by atoms with E-state index in [1.165, 1.54) is 4.90 Å². The second-order valence-electron chi connectivity index (χ2n) is 15.4. The van der Waals surface area contributed by atoms with Crippen molar-refractivity contribution in [2.24, 2.45) is 0 Å². The van der Waals surface area contributed by atoms with Gasteiger partial charge in [-0.2, -0.15) is 0 Å². The smallest absolute Gasteiger partial charge is 0.143 e. The highest BCUT2D eigenvalue weighted by Crippen LogP contribution is 2.43. The largest absolute Gasteiger partial charge is 0.455 e. The molecule has 0 aliphatic carbocycles. The van der Waals surface area contributed by atoms with Gasteiger partial charge in [-0.05, 0) is 132 Å². The van der Waals surface area contributed by atoms with Gasteiger partial charge in [0, 0.05) is 33.2 Å². The third-order valence-corrected chi connectivity index (χ3v) is 11.8. The van der Waals surface area contributed by atoms with Crippen LogP contribution in [0, 0.1) is 0 Å². The maximum Gasteiger partial charge on any atom is 0.143 e. The maximum atomic E-state index is 9.75. The predicted octanol–water partition coefficient (Wildman–Crippen LogP) is 17.2. The van der Waals surface area contributed by atoms with Crippen molar-refractivity contribution in [2.45, 2.75) is 0 Å². The summed E-state index contributed by atoms with van der Waals surface area (Å²) in [5.74, 6) is 0. The molecule has 0 aliphatic heterocycles. The van der Waals surface area contributed by atoms with Crippen LogP contribution in [0.1, 0.15) is 11.0 Å². The first-order valence-electron chi connectivity index (χ1n) is 24.6. The third kappa shape index (κ3) is 6.20. The Labute approximate surface area is 371 Å². The van der Waals surface area contributed by atoms with Gasteiger partial charge in [0.1, 0.15) is 11.2 Å². The van der Waals surface area contributed by atoms with Gasteiger partial charge in [0.25, 0.3) is 0 Å². The predicted molar refractivity (Wildman–Crippen MR) is 263 cm³/mol. The molecule has 0 unspecified atom stereocenters. The lowest BCUT2D eigenvalue weighted by Gasteiger charge is -2.26. The van der Waals surface area contributed by atoms with E-state index in [1.807, 2.05) is 164 Å². The minimum Gasteiger partial charge on any atom is -0.455 e. The molecule has 2 heteroatoms. The summed E-state index contributed by atoms with van der Waals surface area (Å²) in [4.78, 5) is 1.37. The molecule has 0 saturated heterocycles. The summed E-state index contributed by atoms with van der Waals surface area (Å²) < 4.78 is 83.8. The van der Waals surface area contributed by atoms with Gasteiger partial charge in [-0.15, -0.1) is 0 Å². The first-order chi connectivity index (χ1) is 34.1. The molecule has 62 heavy (non-hydrogen) atoms. The Bertz CT molecular complexity index is 4070. The van der Waals surface area contributed by atoms with E-state index >= 15 is 0 Å². The van der Waals surface area contributed by atoms with E-state index in [1.54, 1.807) is 18.2 Å². The van der Waals surface area contributed by atoms with Gasteiger partial charge in [-0.1, -0.05) is 176 Å². The fraction of sp³-hybridized carbons (Fsp3) is 0. The summed E-state index contributed by atoms with van der Waals surface area (Å²) in [5.41, 5.74) is 5.77. The average Bonchev–Trinajstić information content (AvgIpc) is 3.79. The minimum atomic E-state index is -0.413. The number of benzene rings is 11. The number of furan rings is 1. The number of rotatable bonds is 7. The highest BCUT2D eigenvalue weighted by molar-refractivity contribution is 6.19. The van der Waals surface area contributed by atoms with Crippen LogP contribution in [0.5, 0.6) is 0 Å². The van der Waals surface area contributed by atoms with Crippen LogP contribution in [0.3, 0.4) is 0 Å². The van der Waals surface area contributed by atoms with Gasteiger partial charge < -0.3 is 9.32 Å². The first-order valence-corrected chi connectivity index (χ1v) is 20.6. The topological polar surface area (TPSA) is 16.4 Å². The Balaban J connectivity index is 1.08. The van der Waals surface area contributed by atoms with Crippen molar-refractivity contribution < 1.29 is 15.4 Å². The zero-order chi connectivity index (χ0) is 47.9. The van der Waals surface area contributed by atoms with E-state index in [9.17, 15) is 11.0 Å². The molecule has 0 fully saturated rings. The maximum absolute atomic E-state index is 9.75. The molecule has 2 nitrogen and oxygen atoms in total. The van der Waals surface area contributed by atoms with Crippen molar-refractivity contribution in [3.8, 4) is 44.5 Å². The second-order valence-corrected chi connectivity index (χ2v) is 15.4. The monoisotopic (exact) mass is 797 g/mol. The molecule has 0 amide bonds.